The Labute approximate surface area is 120 Å². The zero-order valence-electron chi connectivity index (χ0n) is 11.1. The van der Waals surface area contributed by atoms with Gasteiger partial charge in [-0.1, -0.05) is 24.3 Å². The Balaban J connectivity index is 2.04. The first-order chi connectivity index (χ1) is 10.0. The minimum Gasteiger partial charge on any atom is -0.325 e. The third-order valence-electron chi connectivity index (χ3n) is 2.81. The number of imide groups is 2. The average molecular weight is 287 g/mol. The molecule has 0 radical (unpaired) electrons. The summed E-state index contributed by atoms with van der Waals surface area (Å²) in [7, 11) is 0. The number of rotatable bonds is 5. The number of para-hydroxylation sites is 1. The monoisotopic (exact) mass is 287 g/mol. The van der Waals surface area contributed by atoms with Gasteiger partial charge < -0.3 is 5.32 Å². The zero-order chi connectivity index (χ0) is 15.4. The van der Waals surface area contributed by atoms with Crippen molar-refractivity contribution < 1.29 is 19.2 Å². The first-order valence-corrected chi connectivity index (χ1v) is 6.17. The molecule has 1 saturated heterocycles. The van der Waals surface area contributed by atoms with Crippen LogP contribution in [0.15, 0.2) is 43.0 Å². The normalized spacial score (nSPS) is 14.6. The lowest BCUT2D eigenvalue weighted by Crippen LogP contribution is -2.39. The van der Waals surface area contributed by atoms with E-state index >= 15 is 0 Å². The van der Waals surface area contributed by atoms with Crippen LogP contribution in [0.3, 0.4) is 0 Å². The van der Waals surface area contributed by atoms with E-state index in [2.05, 4.69) is 11.9 Å². The van der Waals surface area contributed by atoms with Gasteiger partial charge in [0.2, 0.25) is 5.91 Å². The van der Waals surface area contributed by atoms with Crippen molar-refractivity contribution >= 4 is 29.4 Å². The summed E-state index contributed by atoms with van der Waals surface area (Å²) in [5.41, 5.74) is 0.538. The predicted molar refractivity (Wildman–Crippen MR) is 74.1 cm³/mol. The molecule has 1 fully saturated rings. The third-order valence-corrected chi connectivity index (χ3v) is 2.81. The maximum absolute atomic E-state index is 11.9. The van der Waals surface area contributed by atoms with E-state index in [9.17, 15) is 19.2 Å². The molecule has 0 atom stereocenters. The quantitative estimate of drug-likeness (QED) is 0.488. The van der Waals surface area contributed by atoms with Crippen LogP contribution in [-0.4, -0.2) is 46.6 Å². The van der Waals surface area contributed by atoms with Crippen molar-refractivity contribution in [2.75, 3.05) is 18.4 Å². The van der Waals surface area contributed by atoms with E-state index < -0.39 is 30.3 Å². The summed E-state index contributed by atoms with van der Waals surface area (Å²) in [6.07, 6.45) is 1.33. The molecule has 2 rings (SSSR count). The van der Waals surface area contributed by atoms with Crippen LogP contribution in [0, 0.1) is 0 Å². The van der Waals surface area contributed by atoms with Crippen LogP contribution < -0.4 is 5.32 Å². The second-order valence-electron chi connectivity index (χ2n) is 4.29. The number of hydrogen-bond donors (Lipinski definition) is 1. The SMILES string of the molecule is C=CCN1C(=O)C(=O)N(CC(=O)Nc2ccccc2)C1=O. The number of nitrogens with one attached hydrogen (secondary N) is 1. The van der Waals surface area contributed by atoms with E-state index in [0.29, 0.717) is 10.6 Å². The lowest BCUT2D eigenvalue weighted by molar-refractivity contribution is -0.143. The molecule has 1 aromatic rings. The van der Waals surface area contributed by atoms with Gasteiger partial charge in [-0.2, -0.15) is 0 Å². The van der Waals surface area contributed by atoms with Crippen molar-refractivity contribution in [3.8, 4) is 0 Å². The minimum atomic E-state index is -1.01. The zero-order valence-corrected chi connectivity index (χ0v) is 11.1. The number of benzene rings is 1. The van der Waals surface area contributed by atoms with E-state index in [-0.39, 0.29) is 6.54 Å². The van der Waals surface area contributed by atoms with E-state index in [4.69, 9.17) is 0 Å². The molecule has 0 aromatic heterocycles. The number of carbonyl (C=O) groups excluding carboxylic acids is 4. The van der Waals surface area contributed by atoms with Gasteiger partial charge in [-0.3, -0.25) is 19.3 Å². The van der Waals surface area contributed by atoms with Crippen LogP contribution >= 0.6 is 0 Å². The number of anilines is 1. The summed E-state index contributed by atoms with van der Waals surface area (Å²) in [4.78, 5) is 48.3. The summed E-state index contributed by atoms with van der Waals surface area (Å²) in [6, 6.07) is 7.78. The molecule has 0 saturated carbocycles. The highest BCUT2D eigenvalue weighted by Crippen LogP contribution is 2.12. The Kier molecular flexibility index (Phi) is 4.13. The highest BCUT2D eigenvalue weighted by atomic mass is 16.2. The Morgan fingerprint density at radius 3 is 2.33 bits per heavy atom. The predicted octanol–water partition coefficient (Wildman–Crippen LogP) is 0.602. The summed E-state index contributed by atoms with van der Waals surface area (Å²) in [6.45, 7) is 2.83. The molecule has 0 spiro atoms. The van der Waals surface area contributed by atoms with Crippen LogP contribution in [0.4, 0.5) is 10.5 Å². The molecule has 1 N–H and O–H groups in total. The molecule has 1 heterocycles. The second kappa shape index (κ2) is 6.00. The van der Waals surface area contributed by atoms with Gasteiger partial charge in [-0.15, -0.1) is 6.58 Å². The van der Waals surface area contributed by atoms with Gasteiger partial charge >= 0.3 is 17.8 Å². The number of amides is 5. The molecule has 7 nitrogen and oxygen atoms in total. The Morgan fingerprint density at radius 1 is 1.10 bits per heavy atom. The standard InChI is InChI=1S/C14H13N3O4/c1-2-8-16-12(19)13(20)17(14(16)21)9-11(18)15-10-6-4-3-5-7-10/h2-7H,1,8-9H2,(H,15,18). The third kappa shape index (κ3) is 2.97. The fourth-order valence-corrected chi connectivity index (χ4v) is 1.85. The molecule has 0 bridgehead atoms. The molecular formula is C14H13N3O4. The van der Waals surface area contributed by atoms with Gasteiger partial charge in [0.05, 0.1) is 0 Å². The molecule has 0 aliphatic carbocycles. The summed E-state index contributed by atoms with van der Waals surface area (Å²) in [5, 5.41) is 2.54. The van der Waals surface area contributed by atoms with Crippen LogP contribution in [0.1, 0.15) is 0 Å². The van der Waals surface area contributed by atoms with Crippen LogP contribution in [0.5, 0.6) is 0 Å². The first kappa shape index (κ1) is 14.4. The van der Waals surface area contributed by atoms with Crippen molar-refractivity contribution in [3.05, 3.63) is 43.0 Å². The van der Waals surface area contributed by atoms with Crippen molar-refractivity contribution in [2.24, 2.45) is 0 Å². The Hall–Kier alpha value is -2.96. The number of carbonyl (C=O) groups is 4. The topological polar surface area (TPSA) is 86.8 Å². The summed E-state index contributed by atoms with van der Waals surface area (Å²) < 4.78 is 0. The molecule has 1 aliphatic heterocycles. The molecule has 7 heteroatoms. The first-order valence-electron chi connectivity index (χ1n) is 6.17. The Morgan fingerprint density at radius 2 is 1.71 bits per heavy atom. The van der Waals surface area contributed by atoms with Crippen LogP contribution in [-0.2, 0) is 14.4 Å². The summed E-state index contributed by atoms with van der Waals surface area (Å²) in [5.74, 6) is -2.52. The smallest absolute Gasteiger partial charge is 0.325 e. The van der Waals surface area contributed by atoms with Crippen molar-refractivity contribution in [3.63, 3.8) is 0 Å². The van der Waals surface area contributed by atoms with Gasteiger partial charge in [0.1, 0.15) is 6.54 Å². The van der Waals surface area contributed by atoms with Gasteiger partial charge in [-0.05, 0) is 12.1 Å². The van der Waals surface area contributed by atoms with Crippen molar-refractivity contribution in [1.29, 1.82) is 0 Å². The van der Waals surface area contributed by atoms with Crippen molar-refractivity contribution in [1.82, 2.24) is 9.80 Å². The highest BCUT2D eigenvalue weighted by molar-refractivity contribution is 6.45. The van der Waals surface area contributed by atoms with Crippen LogP contribution in [0.2, 0.25) is 0 Å². The lowest BCUT2D eigenvalue weighted by Gasteiger charge is -2.14. The molecule has 1 aromatic carbocycles. The summed E-state index contributed by atoms with van der Waals surface area (Å²) >= 11 is 0. The Bertz CT molecular complexity index is 612. The molecule has 21 heavy (non-hydrogen) atoms. The minimum absolute atomic E-state index is 0.0692. The van der Waals surface area contributed by atoms with E-state index in [1.165, 1.54) is 6.08 Å². The lowest BCUT2D eigenvalue weighted by atomic mass is 10.3. The molecule has 1 aliphatic rings. The fourth-order valence-electron chi connectivity index (χ4n) is 1.85. The maximum atomic E-state index is 11.9. The largest absolute Gasteiger partial charge is 0.335 e. The second-order valence-corrected chi connectivity index (χ2v) is 4.29. The molecule has 0 unspecified atom stereocenters. The highest BCUT2D eigenvalue weighted by Gasteiger charge is 2.44. The van der Waals surface area contributed by atoms with E-state index in [1.807, 2.05) is 0 Å². The van der Waals surface area contributed by atoms with Crippen molar-refractivity contribution in [2.45, 2.75) is 0 Å². The van der Waals surface area contributed by atoms with E-state index in [0.717, 1.165) is 4.90 Å². The molecule has 5 amide bonds. The number of urea groups is 1. The van der Waals surface area contributed by atoms with Gasteiger partial charge in [0, 0.05) is 12.2 Å². The van der Waals surface area contributed by atoms with Gasteiger partial charge in [-0.25, -0.2) is 9.69 Å². The molecular weight excluding hydrogens is 274 g/mol. The van der Waals surface area contributed by atoms with Crippen LogP contribution in [0.25, 0.3) is 0 Å². The maximum Gasteiger partial charge on any atom is 0.335 e. The average Bonchev–Trinajstić information content (AvgIpc) is 2.66. The molecule has 108 valence electrons. The number of hydrogen-bond acceptors (Lipinski definition) is 4. The van der Waals surface area contributed by atoms with E-state index in [1.54, 1.807) is 30.3 Å². The fraction of sp³-hybridized carbons (Fsp3) is 0.143. The number of nitrogens with zero attached hydrogens (tertiary/aromatic N) is 2. The van der Waals surface area contributed by atoms with Gasteiger partial charge in [0.15, 0.2) is 0 Å². The van der Waals surface area contributed by atoms with Gasteiger partial charge in [0.25, 0.3) is 0 Å².